The maximum atomic E-state index is 6.10. The average molecular weight is 228 g/mol. The van der Waals surface area contributed by atoms with E-state index in [1.807, 2.05) is 12.3 Å². The molecule has 1 heterocycles. The quantitative estimate of drug-likeness (QED) is 0.812. The highest BCUT2D eigenvalue weighted by molar-refractivity contribution is 6.32. The molecule has 1 aromatic heterocycles. The minimum atomic E-state index is 0.342. The van der Waals surface area contributed by atoms with Crippen molar-refractivity contribution in [3.05, 3.63) is 22.8 Å². The van der Waals surface area contributed by atoms with E-state index in [1.54, 1.807) is 0 Å². The summed E-state index contributed by atoms with van der Waals surface area (Å²) in [6, 6.07) is 2.29. The number of nitrogens with one attached hydrogen (secondary N) is 2. The van der Waals surface area contributed by atoms with E-state index in [9.17, 15) is 0 Å². The average Bonchev–Trinajstić information content (AvgIpc) is 2.18. The predicted molar refractivity (Wildman–Crippen MR) is 65.4 cm³/mol. The van der Waals surface area contributed by atoms with Crippen LogP contribution in [0.4, 0.5) is 5.82 Å². The lowest BCUT2D eigenvalue weighted by atomic mass is 10.2. The third-order valence-corrected chi connectivity index (χ3v) is 2.19. The summed E-state index contributed by atoms with van der Waals surface area (Å²) < 4.78 is 0. The van der Waals surface area contributed by atoms with Crippen LogP contribution in [0.25, 0.3) is 0 Å². The van der Waals surface area contributed by atoms with E-state index in [-0.39, 0.29) is 0 Å². The Hall–Kier alpha value is -0.800. The van der Waals surface area contributed by atoms with Crippen LogP contribution in [-0.2, 0) is 6.54 Å². The van der Waals surface area contributed by atoms with Crippen molar-refractivity contribution in [1.82, 2.24) is 10.3 Å². The van der Waals surface area contributed by atoms with Gasteiger partial charge in [0.15, 0.2) is 0 Å². The molecule has 0 aliphatic heterocycles. The van der Waals surface area contributed by atoms with Crippen LogP contribution in [-0.4, -0.2) is 17.6 Å². The predicted octanol–water partition coefficient (Wildman–Crippen LogP) is 2.66. The zero-order chi connectivity index (χ0) is 11.3. The normalized spacial score (nSPS) is 10.7. The van der Waals surface area contributed by atoms with Gasteiger partial charge in [0, 0.05) is 18.8 Å². The molecule has 0 aliphatic rings. The number of hydrogen-bond donors (Lipinski definition) is 2. The Labute approximate surface area is 96.2 Å². The molecule has 4 heteroatoms. The van der Waals surface area contributed by atoms with Gasteiger partial charge in [-0.3, -0.25) is 0 Å². The van der Waals surface area contributed by atoms with Crippen LogP contribution in [0.3, 0.4) is 0 Å². The lowest BCUT2D eigenvalue weighted by Gasteiger charge is -2.11. The Bertz CT molecular complexity index is 313. The number of halogens is 1. The van der Waals surface area contributed by atoms with Crippen molar-refractivity contribution in [1.29, 1.82) is 0 Å². The molecule has 0 atom stereocenters. The van der Waals surface area contributed by atoms with Crippen LogP contribution in [0.2, 0.25) is 5.02 Å². The van der Waals surface area contributed by atoms with Gasteiger partial charge in [-0.1, -0.05) is 18.5 Å². The summed E-state index contributed by atoms with van der Waals surface area (Å²) in [7, 11) is 0. The van der Waals surface area contributed by atoms with Crippen molar-refractivity contribution < 1.29 is 0 Å². The van der Waals surface area contributed by atoms with Gasteiger partial charge in [-0.2, -0.15) is 0 Å². The van der Waals surface area contributed by atoms with Gasteiger partial charge < -0.3 is 10.6 Å². The second-order valence-electron chi connectivity index (χ2n) is 3.75. The van der Waals surface area contributed by atoms with E-state index in [0.717, 1.165) is 24.5 Å². The SMILES string of the molecule is CCNCc1cnc(NC(C)C)c(Cl)c1. The molecule has 3 nitrogen and oxygen atoms in total. The fraction of sp³-hybridized carbons (Fsp3) is 0.545. The second-order valence-corrected chi connectivity index (χ2v) is 4.16. The third kappa shape index (κ3) is 4.06. The van der Waals surface area contributed by atoms with E-state index in [1.165, 1.54) is 0 Å². The van der Waals surface area contributed by atoms with Gasteiger partial charge in [-0.05, 0) is 32.0 Å². The van der Waals surface area contributed by atoms with E-state index >= 15 is 0 Å². The van der Waals surface area contributed by atoms with Gasteiger partial charge >= 0.3 is 0 Å². The minimum absolute atomic E-state index is 0.342. The van der Waals surface area contributed by atoms with Crippen molar-refractivity contribution >= 4 is 17.4 Å². The largest absolute Gasteiger partial charge is 0.367 e. The summed E-state index contributed by atoms with van der Waals surface area (Å²) in [5.74, 6) is 0.756. The van der Waals surface area contributed by atoms with Crippen molar-refractivity contribution in [3.63, 3.8) is 0 Å². The molecule has 84 valence electrons. The Morgan fingerprint density at radius 2 is 2.20 bits per heavy atom. The smallest absolute Gasteiger partial charge is 0.144 e. The monoisotopic (exact) mass is 227 g/mol. The summed E-state index contributed by atoms with van der Waals surface area (Å²) in [5, 5.41) is 7.11. The molecule has 0 aliphatic carbocycles. The first kappa shape index (κ1) is 12.3. The van der Waals surface area contributed by atoms with Crippen LogP contribution >= 0.6 is 11.6 Å². The van der Waals surface area contributed by atoms with Crippen molar-refractivity contribution in [2.45, 2.75) is 33.4 Å². The second kappa shape index (κ2) is 5.93. The fourth-order valence-electron chi connectivity index (χ4n) is 1.22. The molecule has 0 amide bonds. The first-order valence-corrected chi connectivity index (χ1v) is 5.63. The highest BCUT2D eigenvalue weighted by atomic mass is 35.5. The summed E-state index contributed by atoms with van der Waals surface area (Å²) in [6.07, 6.45) is 1.85. The van der Waals surface area contributed by atoms with Crippen LogP contribution in [0.15, 0.2) is 12.3 Å². The number of hydrogen-bond acceptors (Lipinski definition) is 3. The van der Waals surface area contributed by atoms with Crippen LogP contribution in [0, 0.1) is 0 Å². The summed E-state index contributed by atoms with van der Waals surface area (Å²) in [6.45, 7) is 7.95. The fourth-order valence-corrected chi connectivity index (χ4v) is 1.47. The van der Waals surface area contributed by atoms with E-state index in [2.05, 4.69) is 36.4 Å². The summed E-state index contributed by atoms with van der Waals surface area (Å²) >= 11 is 6.10. The number of aromatic nitrogens is 1. The molecule has 15 heavy (non-hydrogen) atoms. The molecule has 0 bridgehead atoms. The Morgan fingerprint density at radius 1 is 1.47 bits per heavy atom. The third-order valence-electron chi connectivity index (χ3n) is 1.90. The van der Waals surface area contributed by atoms with Gasteiger partial charge in [-0.15, -0.1) is 0 Å². The molecular formula is C11H18ClN3. The number of nitrogens with zero attached hydrogens (tertiary/aromatic N) is 1. The maximum Gasteiger partial charge on any atom is 0.144 e. The van der Waals surface area contributed by atoms with Crippen molar-refractivity contribution in [2.24, 2.45) is 0 Å². The van der Waals surface area contributed by atoms with Crippen LogP contribution < -0.4 is 10.6 Å². The topological polar surface area (TPSA) is 37.0 Å². The number of rotatable bonds is 5. The van der Waals surface area contributed by atoms with Crippen molar-refractivity contribution in [3.8, 4) is 0 Å². The first-order valence-electron chi connectivity index (χ1n) is 5.25. The lowest BCUT2D eigenvalue weighted by molar-refractivity contribution is 0.724. The van der Waals surface area contributed by atoms with Gasteiger partial charge in [0.25, 0.3) is 0 Å². The number of pyridine rings is 1. The molecule has 0 radical (unpaired) electrons. The van der Waals surface area contributed by atoms with Crippen LogP contribution in [0.1, 0.15) is 26.3 Å². The Balaban J connectivity index is 2.70. The molecule has 1 aromatic rings. The highest BCUT2D eigenvalue weighted by Crippen LogP contribution is 2.20. The molecule has 0 fully saturated rings. The zero-order valence-corrected chi connectivity index (χ0v) is 10.2. The van der Waals surface area contributed by atoms with Gasteiger partial charge in [-0.25, -0.2) is 4.98 Å². The van der Waals surface area contributed by atoms with E-state index in [0.29, 0.717) is 11.1 Å². The standard InChI is InChI=1S/C11H18ClN3/c1-4-13-6-9-5-10(12)11(14-7-9)15-8(2)3/h5,7-8,13H,4,6H2,1-3H3,(H,14,15). The first-order chi connectivity index (χ1) is 7.13. The van der Waals surface area contributed by atoms with E-state index in [4.69, 9.17) is 11.6 Å². The maximum absolute atomic E-state index is 6.10. The minimum Gasteiger partial charge on any atom is -0.367 e. The molecular weight excluding hydrogens is 210 g/mol. The van der Waals surface area contributed by atoms with Crippen molar-refractivity contribution in [2.75, 3.05) is 11.9 Å². The van der Waals surface area contributed by atoms with Crippen LogP contribution in [0.5, 0.6) is 0 Å². The molecule has 1 rings (SSSR count). The van der Waals surface area contributed by atoms with E-state index < -0.39 is 0 Å². The highest BCUT2D eigenvalue weighted by Gasteiger charge is 2.04. The molecule has 0 aromatic carbocycles. The summed E-state index contributed by atoms with van der Waals surface area (Å²) in [5.41, 5.74) is 1.11. The molecule has 0 spiro atoms. The molecule has 0 saturated carbocycles. The van der Waals surface area contributed by atoms with Gasteiger partial charge in [0.1, 0.15) is 5.82 Å². The lowest BCUT2D eigenvalue weighted by Crippen LogP contribution is -2.14. The zero-order valence-electron chi connectivity index (χ0n) is 9.47. The molecule has 0 saturated heterocycles. The summed E-state index contributed by atoms with van der Waals surface area (Å²) in [4.78, 5) is 4.29. The van der Waals surface area contributed by atoms with Gasteiger partial charge in [0.2, 0.25) is 0 Å². The molecule has 0 unspecified atom stereocenters. The van der Waals surface area contributed by atoms with Gasteiger partial charge in [0.05, 0.1) is 5.02 Å². The molecule has 2 N–H and O–H groups in total. The Morgan fingerprint density at radius 3 is 2.73 bits per heavy atom. The Kier molecular flexibility index (Phi) is 4.85. The number of anilines is 1.